The van der Waals surface area contributed by atoms with Gasteiger partial charge in [-0.2, -0.15) is 4.31 Å². The molecule has 6 nitrogen and oxygen atoms in total. The fourth-order valence-electron chi connectivity index (χ4n) is 2.36. The molecular formula is C15H22ClN3O3S. The van der Waals surface area contributed by atoms with Gasteiger partial charge in [0.15, 0.2) is 0 Å². The highest BCUT2D eigenvalue weighted by atomic mass is 35.5. The van der Waals surface area contributed by atoms with Gasteiger partial charge in [0, 0.05) is 37.8 Å². The topological polar surface area (TPSA) is 69.7 Å². The van der Waals surface area contributed by atoms with Gasteiger partial charge in [-0.3, -0.25) is 4.79 Å². The second-order valence-electron chi connectivity index (χ2n) is 5.98. The van der Waals surface area contributed by atoms with Crippen LogP contribution in [0.4, 0.5) is 0 Å². The van der Waals surface area contributed by atoms with Crippen LogP contribution >= 0.6 is 11.6 Å². The van der Waals surface area contributed by atoms with Gasteiger partial charge >= 0.3 is 0 Å². The predicted molar refractivity (Wildman–Crippen MR) is 90.3 cm³/mol. The third-order valence-electron chi connectivity index (χ3n) is 3.69. The molecule has 0 unspecified atom stereocenters. The van der Waals surface area contributed by atoms with Crippen molar-refractivity contribution >= 4 is 27.5 Å². The van der Waals surface area contributed by atoms with Gasteiger partial charge < -0.3 is 10.2 Å². The number of rotatable bonds is 4. The van der Waals surface area contributed by atoms with Crippen LogP contribution in [0.15, 0.2) is 23.1 Å². The molecule has 8 heteroatoms. The van der Waals surface area contributed by atoms with Crippen LogP contribution < -0.4 is 5.32 Å². The molecule has 0 aliphatic carbocycles. The number of nitrogens with zero attached hydrogens (tertiary/aromatic N) is 2. The van der Waals surface area contributed by atoms with E-state index >= 15 is 0 Å². The fraction of sp³-hybridized carbons (Fsp3) is 0.533. The van der Waals surface area contributed by atoms with E-state index in [1.165, 1.54) is 22.5 Å². The molecule has 1 aromatic rings. The van der Waals surface area contributed by atoms with Crippen molar-refractivity contribution in [1.29, 1.82) is 0 Å². The van der Waals surface area contributed by atoms with E-state index in [0.29, 0.717) is 26.2 Å². The van der Waals surface area contributed by atoms with Gasteiger partial charge in [-0.05, 0) is 39.1 Å². The highest BCUT2D eigenvalue weighted by Crippen LogP contribution is 2.26. The molecule has 1 heterocycles. The summed E-state index contributed by atoms with van der Waals surface area (Å²) in [5, 5.41) is 2.88. The number of hydrogen-bond acceptors (Lipinski definition) is 4. The van der Waals surface area contributed by atoms with Crippen LogP contribution in [-0.4, -0.2) is 62.8 Å². The smallest absolute Gasteiger partial charge is 0.251 e. The van der Waals surface area contributed by atoms with E-state index in [2.05, 4.69) is 10.2 Å². The summed E-state index contributed by atoms with van der Waals surface area (Å²) in [5.41, 5.74) is 0.288. The molecule has 23 heavy (non-hydrogen) atoms. The Morgan fingerprint density at radius 1 is 1.22 bits per heavy atom. The Labute approximate surface area is 142 Å². The Balaban J connectivity index is 2.32. The van der Waals surface area contributed by atoms with E-state index in [1.54, 1.807) is 0 Å². The zero-order valence-corrected chi connectivity index (χ0v) is 15.1. The molecule has 0 saturated carbocycles. The Morgan fingerprint density at radius 3 is 2.39 bits per heavy atom. The molecule has 0 radical (unpaired) electrons. The number of carbonyl (C=O) groups excluding carboxylic acids is 1. The van der Waals surface area contributed by atoms with Gasteiger partial charge in [-0.1, -0.05) is 11.6 Å². The first-order chi connectivity index (χ1) is 10.7. The Morgan fingerprint density at radius 2 is 1.83 bits per heavy atom. The van der Waals surface area contributed by atoms with Gasteiger partial charge in [-0.15, -0.1) is 0 Å². The maximum Gasteiger partial charge on any atom is 0.251 e. The first-order valence-electron chi connectivity index (χ1n) is 7.51. The first-order valence-corrected chi connectivity index (χ1v) is 9.32. The predicted octanol–water partition coefficient (Wildman–Crippen LogP) is 1.41. The molecule has 1 fully saturated rings. The summed E-state index contributed by atoms with van der Waals surface area (Å²) in [6, 6.07) is 4.31. The Hall–Kier alpha value is -1.15. The molecule has 1 aliphatic heterocycles. The van der Waals surface area contributed by atoms with Crippen molar-refractivity contribution in [3.8, 4) is 0 Å². The van der Waals surface area contributed by atoms with Crippen LogP contribution in [0.25, 0.3) is 0 Å². The van der Waals surface area contributed by atoms with E-state index in [-0.39, 0.29) is 27.4 Å². The second-order valence-corrected chi connectivity index (χ2v) is 8.29. The Kier molecular flexibility index (Phi) is 5.67. The van der Waals surface area contributed by atoms with Gasteiger partial charge in [0.1, 0.15) is 4.90 Å². The molecule has 128 valence electrons. The number of nitrogens with one attached hydrogen (secondary N) is 1. The molecule has 0 atom stereocenters. The van der Waals surface area contributed by atoms with Gasteiger partial charge in [0.2, 0.25) is 10.0 Å². The number of likely N-dealkylation sites (N-methyl/N-ethyl adjacent to an activating group) is 1. The zero-order chi connectivity index (χ0) is 17.2. The molecular weight excluding hydrogens is 338 g/mol. The van der Waals surface area contributed by atoms with E-state index in [4.69, 9.17) is 11.6 Å². The summed E-state index contributed by atoms with van der Waals surface area (Å²) in [4.78, 5) is 14.2. The lowest BCUT2D eigenvalue weighted by molar-refractivity contribution is 0.0943. The minimum atomic E-state index is -3.71. The SMILES string of the molecule is CC(C)NC(=O)c1ccc(Cl)c(S(=O)(=O)N2CCN(C)CC2)c1. The minimum Gasteiger partial charge on any atom is -0.350 e. The normalized spacial score (nSPS) is 17.4. The summed E-state index contributed by atoms with van der Waals surface area (Å²) in [7, 11) is -1.75. The third-order valence-corrected chi connectivity index (χ3v) is 6.07. The highest BCUT2D eigenvalue weighted by Gasteiger charge is 2.30. The first kappa shape index (κ1) is 18.2. The van der Waals surface area contributed by atoms with Crippen LogP contribution in [0.5, 0.6) is 0 Å². The average molecular weight is 360 g/mol. The van der Waals surface area contributed by atoms with Crippen LogP contribution in [-0.2, 0) is 10.0 Å². The molecule has 1 saturated heterocycles. The molecule has 0 aromatic heterocycles. The summed E-state index contributed by atoms with van der Waals surface area (Å²) < 4.78 is 27.0. The number of amides is 1. The summed E-state index contributed by atoms with van der Waals surface area (Å²) >= 11 is 6.09. The maximum atomic E-state index is 12.8. The van der Waals surface area contributed by atoms with E-state index in [1.807, 2.05) is 20.9 Å². The maximum absolute atomic E-state index is 12.8. The monoisotopic (exact) mass is 359 g/mol. The van der Waals surface area contributed by atoms with Crippen LogP contribution in [0.1, 0.15) is 24.2 Å². The van der Waals surface area contributed by atoms with Crippen molar-refractivity contribution < 1.29 is 13.2 Å². The average Bonchev–Trinajstić information content (AvgIpc) is 2.47. The number of piperazine rings is 1. The lowest BCUT2D eigenvalue weighted by Crippen LogP contribution is -2.47. The Bertz CT molecular complexity index is 683. The molecule has 1 N–H and O–H groups in total. The number of halogens is 1. The van der Waals surface area contributed by atoms with E-state index in [9.17, 15) is 13.2 Å². The molecule has 0 bridgehead atoms. The van der Waals surface area contributed by atoms with Crippen molar-refractivity contribution in [2.24, 2.45) is 0 Å². The van der Waals surface area contributed by atoms with Crippen molar-refractivity contribution in [3.05, 3.63) is 28.8 Å². The van der Waals surface area contributed by atoms with Gasteiger partial charge in [0.05, 0.1) is 5.02 Å². The quantitative estimate of drug-likeness (QED) is 0.882. The zero-order valence-electron chi connectivity index (χ0n) is 13.5. The molecule has 1 aromatic carbocycles. The van der Waals surface area contributed by atoms with Crippen LogP contribution in [0.3, 0.4) is 0 Å². The standard InChI is InChI=1S/C15H22ClN3O3S/c1-11(2)17-15(20)12-4-5-13(16)14(10-12)23(21,22)19-8-6-18(3)7-9-19/h4-5,10-11H,6-9H2,1-3H3,(H,17,20). The molecule has 2 rings (SSSR count). The number of benzene rings is 1. The second kappa shape index (κ2) is 7.17. The van der Waals surface area contributed by atoms with Crippen molar-refractivity contribution in [3.63, 3.8) is 0 Å². The summed E-state index contributed by atoms with van der Waals surface area (Å²) in [6.45, 7) is 5.86. The lowest BCUT2D eigenvalue weighted by atomic mass is 10.2. The number of carbonyl (C=O) groups is 1. The molecule has 0 spiro atoms. The van der Waals surface area contributed by atoms with E-state index in [0.717, 1.165) is 0 Å². The lowest BCUT2D eigenvalue weighted by Gasteiger charge is -2.31. The summed E-state index contributed by atoms with van der Waals surface area (Å²) in [6.07, 6.45) is 0. The third kappa shape index (κ3) is 4.23. The minimum absolute atomic E-state index is 0.0138. The number of hydrogen-bond donors (Lipinski definition) is 1. The van der Waals surface area contributed by atoms with Crippen molar-refractivity contribution in [2.75, 3.05) is 33.2 Å². The fourth-order valence-corrected chi connectivity index (χ4v) is 4.28. The van der Waals surface area contributed by atoms with Gasteiger partial charge in [-0.25, -0.2) is 8.42 Å². The molecule has 1 aliphatic rings. The number of sulfonamides is 1. The highest BCUT2D eigenvalue weighted by molar-refractivity contribution is 7.89. The van der Waals surface area contributed by atoms with Crippen LogP contribution in [0.2, 0.25) is 5.02 Å². The van der Waals surface area contributed by atoms with Crippen molar-refractivity contribution in [1.82, 2.24) is 14.5 Å². The van der Waals surface area contributed by atoms with Crippen molar-refractivity contribution in [2.45, 2.75) is 24.8 Å². The largest absolute Gasteiger partial charge is 0.350 e. The van der Waals surface area contributed by atoms with Crippen LogP contribution in [0, 0.1) is 0 Å². The van der Waals surface area contributed by atoms with Gasteiger partial charge in [0.25, 0.3) is 5.91 Å². The summed E-state index contributed by atoms with van der Waals surface area (Å²) in [5.74, 6) is -0.313. The molecule has 1 amide bonds. The van der Waals surface area contributed by atoms with E-state index < -0.39 is 10.0 Å².